The van der Waals surface area contributed by atoms with Crippen LogP contribution in [0.3, 0.4) is 0 Å². The van der Waals surface area contributed by atoms with Crippen LogP contribution in [0, 0.1) is 10.1 Å². The van der Waals surface area contributed by atoms with E-state index in [-0.39, 0.29) is 22.8 Å². The van der Waals surface area contributed by atoms with Gasteiger partial charge in [-0.2, -0.15) is 0 Å². The first-order chi connectivity index (χ1) is 13.5. The van der Waals surface area contributed by atoms with Gasteiger partial charge in [-0.25, -0.2) is 4.98 Å². The van der Waals surface area contributed by atoms with E-state index < -0.39 is 10.8 Å². The molecule has 142 valence electrons. The minimum absolute atomic E-state index is 0.0648. The molecule has 0 atom stereocenters. The number of aromatic nitrogens is 1. The third-order valence-corrected chi connectivity index (χ3v) is 4.14. The molecule has 0 spiro atoms. The van der Waals surface area contributed by atoms with E-state index in [2.05, 4.69) is 10.3 Å². The summed E-state index contributed by atoms with van der Waals surface area (Å²) >= 11 is 5.78. The van der Waals surface area contributed by atoms with Gasteiger partial charge in [-0.3, -0.25) is 14.9 Å². The average molecular weight is 398 g/mol. The number of nitro benzene ring substituents is 1. The minimum atomic E-state index is -0.640. The molecule has 0 aliphatic carbocycles. The molecule has 28 heavy (non-hydrogen) atoms. The lowest BCUT2D eigenvalue weighted by Gasteiger charge is -2.11. The monoisotopic (exact) mass is 397 g/mol. The van der Waals surface area contributed by atoms with Crippen molar-refractivity contribution in [2.24, 2.45) is 0 Å². The van der Waals surface area contributed by atoms with E-state index >= 15 is 0 Å². The highest BCUT2D eigenvalue weighted by Crippen LogP contribution is 2.23. The highest BCUT2D eigenvalue weighted by Gasteiger charge is 2.20. The largest absolute Gasteiger partial charge is 0.473 e. The van der Waals surface area contributed by atoms with Gasteiger partial charge in [0.25, 0.3) is 11.6 Å². The predicted molar refractivity (Wildman–Crippen MR) is 104 cm³/mol. The van der Waals surface area contributed by atoms with E-state index in [4.69, 9.17) is 16.3 Å². The van der Waals surface area contributed by atoms with Gasteiger partial charge in [0.1, 0.15) is 12.2 Å². The van der Waals surface area contributed by atoms with E-state index in [0.717, 1.165) is 11.6 Å². The third-order valence-electron chi connectivity index (χ3n) is 3.91. The Hall–Kier alpha value is -3.45. The van der Waals surface area contributed by atoms with Crippen LogP contribution in [0.5, 0.6) is 5.88 Å². The molecule has 0 aliphatic heterocycles. The van der Waals surface area contributed by atoms with Crippen LogP contribution in [0.25, 0.3) is 0 Å². The second kappa shape index (κ2) is 8.96. The molecule has 8 heteroatoms. The Balaban J connectivity index is 1.70. The average Bonchev–Trinajstić information content (AvgIpc) is 2.71. The van der Waals surface area contributed by atoms with Crippen molar-refractivity contribution in [3.8, 4) is 5.88 Å². The van der Waals surface area contributed by atoms with Gasteiger partial charge < -0.3 is 10.1 Å². The molecule has 0 aliphatic rings. The highest BCUT2D eigenvalue weighted by molar-refractivity contribution is 6.31. The summed E-state index contributed by atoms with van der Waals surface area (Å²) in [5.41, 5.74) is 1.23. The number of halogens is 1. The topological polar surface area (TPSA) is 94.4 Å². The molecular formula is C20H16ClN3O4. The molecule has 1 heterocycles. The molecule has 3 rings (SSSR count). The number of nitro groups is 1. The van der Waals surface area contributed by atoms with Crippen LogP contribution < -0.4 is 10.1 Å². The van der Waals surface area contributed by atoms with Crippen molar-refractivity contribution in [1.82, 2.24) is 10.3 Å². The zero-order valence-electron chi connectivity index (χ0n) is 14.7. The second-order valence-electron chi connectivity index (χ2n) is 5.84. The number of amides is 1. The summed E-state index contributed by atoms with van der Waals surface area (Å²) in [6.07, 6.45) is 1.59. The van der Waals surface area contributed by atoms with E-state index in [1.165, 1.54) is 12.1 Å². The van der Waals surface area contributed by atoms with Gasteiger partial charge in [-0.15, -0.1) is 0 Å². The van der Waals surface area contributed by atoms with Crippen molar-refractivity contribution in [2.45, 2.75) is 13.2 Å². The van der Waals surface area contributed by atoms with Crippen molar-refractivity contribution in [2.75, 3.05) is 0 Å². The summed E-state index contributed by atoms with van der Waals surface area (Å²) < 4.78 is 5.75. The van der Waals surface area contributed by atoms with E-state index in [0.29, 0.717) is 18.1 Å². The summed E-state index contributed by atoms with van der Waals surface area (Å²) in [6, 6.07) is 17.0. The van der Waals surface area contributed by atoms with Gasteiger partial charge in [-0.1, -0.05) is 48.0 Å². The highest BCUT2D eigenvalue weighted by atomic mass is 35.5. The Bertz CT molecular complexity index is 996. The maximum atomic E-state index is 12.4. The molecule has 0 saturated carbocycles. The smallest absolute Gasteiger partial charge is 0.283 e. The molecule has 7 nitrogen and oxygen atoms in total. The molecule has 2 aromatic carbocycles. The van der Waals surface area contributed by atoms with Crippen LogP contribution in [0.4, 0.5) is 5.69 Å². The summed E-state index contributed by atoms with van der Waals surface area (Å²) in [4.78, 5) is 27.2. The Morgan fingerprint density at radius 1 is 1.14 bits per heavy atom. The number of hydrogen-bond acceptors (Lipinski definition) is 5. The number of pyridine rings is 1. The molecule has 0 fully saturated rings. The van der Waals surface area contributed by atoms with Gasteiger partial charge in [-0.05, 0) is 23.8 Å². The van der Waals surface area contributed by atoms with Crippen LogP contribution in [-0.4, -0.2) is 15.8 Å². The van der Waals surface area contributed by atoms with Crippen LogP contribution in [0.15, 0.2) is 66.9 Å². The summed E-state index contributed by atoms with van der Waals surface area (Å²) in [6.45, 7) is 0.442. The number of rotatable bonds is 7. The molecule has 0 saturated heterocycles. The molecular weight excluding hydrogens is 382 g/mol. The van der Waals surface area contributed by atoms with Crippen LogP contribution in [0.1, 0.15) is 21.5 Å². The molecule has 3 aromatic rings. The van der Waals surface area contributed by atoms with Crippen LogP contribution in [0.2, 0.25) is 5.02 Å². The molecule has 0 bridgehead atoms. The third kappa shape index (κ3) is 4.83. The molecule has 1 amide bonds. The summed E-state index contributed by atoms with van der Waals surface area (Å²) in [5.74, 6) is -0.196. The lowest BCUT2D eigenvalue weighted by molar-refractivity contribution is -0.385. The van der Waals surface area contributed by atoms with Crippen molar-refractivity contribution < 1.29 is 14.5 Å². The van der Waals surface area contributed by atoms with Gasteiger partial charge in [0.05, 0.1) is 4.92 Å². The Kier molecular flexibility index (Phi) is 6.18. The normalized spacial score (nSPS) is 10.3. The first kappa shape index (κ1) is 19.3. The number of benzene rings is 2. The quantitative estimate of drug-likeness (QED) is 0.477. The first-order valence-electron chi connectivity index (χ1n) is 8.37. The lowest BCUT2D eigenvalue weighted by atomic mass is 10.1. The minimum Gasteiger partial charge on any atom is -0.473 e. The molecule has 0 radical (unpaired) electrons. The van der Waals surface area contributed by atoms with Crippen molar-refractivity contribution in [1.29, 1.82) is 0 Å². The standard InChI is InChI=1S/C20H16ClN3O4/c21-16-8-9-17(18(11-16)24(26)27)19(25)23-12-15-7-4-10-22-20(15)28-13-14-5-2-1-3-6-14/h1-11H,12-13H2,(H,23,25). The van der Waals surface area contributed by atoms with Gasteiger partial charge in [0.15, 0.2) is 0 Å². The van der Waals surface area contributed by atoms with Gasteiger partial charge >= 0.3 is 0 Å². The number of hydrogen-bond donors (Lipinski definition) is 1. The van der Waals surface area contributed by atoms with E-state index in [1.54, 1.807) is 18.3 Å². The zero-order valence-corrected chi connectivity index (χ0v) is 15.4. The Labute approximate surface area is 166 Å². The second-order valence-corrected chi connectivity index (χ2v) is 6.28. The SMILES string of the molecule is O=C(NCc1cccnc1OCc1ccccc1)c1ccc(Cl)cc1[N+](=O)[O-]. The van der Waals surface area contributed by atoms with Gasteiger partial charge in [0.2, 0.25) is 5.88 Å². The van der Waals surface area contributed by atoms with Crippen molar-refractivity contribution in [3.63, 3.8) is 0 Å². The van der Waals surface area contributed by atoms with Crippen molar-refractivity contribution in [3.05, 3.63) is 98.7 Å². The summed E-state index contributed by atoms with van der Waals surface area (Å²) in [5, 5.41) is 14.0. The fourth-order valence-electron chi connectivity index (χ4n) is 2.53. The van der Waals surface area contributed by atoms with E-state index in [1.807, 2.05) is 30.3 Å². The number of nitrogens with one attached hydrogen (secondary N) is 1. The number of ether oxygens (including phenoxy) is 1. The van der Waals surface area contributed by atoms with Gasteiger partial charge in [0, 0.05) is 29.4 Å². The zero-order chi connectivity index (χ0) is 19.9. The maximum Gasteiger partial charge on any atom is 0.283 e. The van der Waals surface area contributed by atoms with Crippen LogP contribution in [-0.2, 0) is 13.2 Å². The summed E-state index contributed by atoms with van der Waals surface area (Å²) in [7, 11) is 0. The molecule has 0 unspecified atom stereocenters. The fraction of sp³-hybridized carbons (Fsp3) is 0.100. The molecule has 1 N–H and O–H groups in total. The fourth-order valence-corrected chi connectivity index (χ4v) is 2.70. The first-order valence-corrected chi connectivity index (χ1v) is 8.75. The molecule has 1 aromatic heterocycles. The van der Waals surface area contributed by atoms with E-state index in [9.17, 15) is 14.9 Å². The lowest BCUT2D eigenvalue weighted by Crippen LogP contribution is -2.24. The Morgan fingerprint density at radius 2 is 1.93 bits per heavy atom. The predicted octanol–water partition coefficient (Wildman–Crippen LogP) is 4.15. The number of nitrogens with zero attached hydrogens (tertiary/aromatic N) is 2. The van der Waals surface area contributed by atoms with Crippen molar-refractivity contribution >= 4 is 23.2 Å². The number of carbonyl (C=O) groups is 1. The van der Waals surface area contributed by atoms with Crippen LogP contribution >= 0.6 is 11.6 Å². The maximum absolute atomic E-state index is 12.4. The number of carbonyl (C=O) groups excluding carboxylic acids is 1. The Morgan fingerprint density at radius 3 is 2.68 bits per heavy atom.